The van der Waals surface area contributed by atoms with E-state index in [2.05, 4.69) is 29.5 Å². The smallest absolute Gasteiger partial charge is 0.116 e. The van der Waals surface area contributed by atoms with Gasteiger partial charge in [0.25, 0.3) is 0 Å². The SMILES string of the molecule is CC[C@H]1C[C@@H]2C[C@H]3c4c(c5cc(O)ccc5n4C)CCN(C2)[C@@H]13.Cl. The molecule has 2 saturated heterocycles. The van der Waals surface area contributed by atoms with Crippen molar-refractivity contribution in [1.82, 2.24) is 9.47 Å². The molecule has 3 nitrogen and oxygen atoms in total. The standard InChI is InChI=1S/C20H26N2O.ClH/c1-3-13-8-12-9-17-19(13)22(11-12)7-6-15-16-10-14(23)4-5-18(16)21(2)20(15)17;/h4-5,10,12-13,17,19,23H,3,6-9,11H2,1-2H3;1H/t12-,13+,17-,19+;/m1./s1. The molecule has 1 aliphatic carbocycles. The van der Waals surface area contributed by atoms with Crippen LogP contribution in [0.1, 0.15) is 43.4 Å². The number of rotatable bonds is 1. The molecule has 0 radical (unpaired) electrons. The van der Waals surface area contributed by atoms with Gasteiger partial charge in [0.1, 0.15) is 5.75 Å². The molecule has 4 heteroatoms. The summed E-state index contributed by atoms with van der Waals surface area (Å²) < 4.78 is 2.44. The molecule has 6 rings (SSSR count). The van der Waals surface area contributed by atoms with Crippen LogP contribution in [0.15, 0.2) is 18.2 Å². The van der Waals surface area contributed by atoms with Gasteiger partial charge in [0.05, 0.1) is 0 Å². The fourth-order valence-electron chi connectivity index (χ4n) is 6.09. The van der Waals surface area contributed by atoms with Gasteiger partial charge in [0, 0.05) is 48.7 Å². The normalized spacial score (nSPS) is 33.8. The predicted molar refractivity (Wildman–Crippen MR) is 100 cm³/mol. The molecule has 130 valence electrons. The Bertz CT molecular complexity index is 784. The van der Waals surface area contributed by atoms with Crippen LogP contribution in [0.2, 0.25) is 0 Å². The maximum Gasteiger partial charge on any atom is 0.116 e. The summed E-state index contributed by atoms with van der Waals surface area (Å²) in [6.45, 7) is 4.88. The van der Waals surface area contributed by atoms with E-state index in [1.54, 1.807) is 5.69 Å². The molecule has 24 heavy (non-hydrogen) atoms. The van der Waals surface area contributed by atoms with Crippen LogP contribution in [-0.2, 0) is 13.5 Å². The largest absolute Gasteiger partial charge is 0.508 e. The van der Waals surface area contributed by atoms with Gasteiger partial charge in [0.2, 0.25) is 0 Å². The molecule has 0 spiro atoms. The number of benzene rings is 1. The first kappa shape index (κ1) is 16.3. The van der Waals surface area contributed by atoms with Crippen molar-refractivity contribution in [2.45, 2.75) is 44.6 Å². The molecule has 5 atom stereocenters. The molecule has 1 aromatic heterocycles. The second-order valence-electron chi connectivity index (χ2n) is 7.97. The minimum absolute atomic E-state index is 0. The Balaban J connectivity index is 0.00000146. The number of aryl methyl sites for hydroxylation is 1. The van der Waals surface area contributed by atoms with Gasteiger partial charge in [-0.1, -0.05) is 13.3 Å². The van der Waals surface area contributed by atoms with E-state index >= 15 is 0 Å². The summed E-state index contributed by atoms with van der Waals surface area (Å²) in [5.41, 5.74) is 4.37. The zero-order valence-corrected chi connectivity index (χ0v) is 15.4. The van der Waals surface area contributed by atoms with Crippen molar-refractivity contribution in [3.8, 4) is 5.75 Å². The quantitative estimate of drug-likeness (QED) is 0.843. The van der Waals surface area contributed by atoms with E-state index in [9.17, 15) is 5.11 Å². The molecule has 4 aliphatic rings. The van der Waals surface area contributed by atoms with Crippen LogP contribution < -0.4 is 0 Å². The number of hydrogen-bond acceptors (Lipinski definition) is 2. The molecule has 1 unspecified atom stereocenters. The van der Waals surface area contributed by atoms with Crippen molar-refractivity contribution >= 4 is 23.3 Å². The molecule has 2 aromatic rings. The van der Waals surface area contributed by atoms with Crippen LogP contribution in [-0.4, -0.2) is 33.7 Å². The van der Waals surface area contributed by atoms with Gasteiger partial charge in [-0.15, -0.1) is 12.4 Å². The lowest BCUT2D eigenvalue weighted by Gasteiger charge is -2.53. The van der Waals surface area contributed by atoms with Gasteiger partial charge < -0.3 is 9.67 Å². The van der Waals surface area contributed by atoms with E-state index in [1.165, 1.54) is 48.8 Å². The van der Waals surface area contributed by atoms with Crippen molar-refractivity contribution in [2.24, 2.45) is 18.9 Å². The summed E-state index contributed by atoms with van der Waals surface area (Å²) in [5.74, 6) is 2.83. The third kappa shape index (κ3) is 2.07. The zero-order chi connectivity index (χ0) is 15.7. The van der Waals surface area contributed by atoms with E-state index in [-0.39, 0.29) is 12.4 Å². The summed E-state index contributed by atoms with van der Waals surface area (Å²) in [6.07, 6.45) is 5.25. The molecule has 1 saturated carbocycles. The summed E-state index contributed by atoms with van der Waals surface area (Å²) in [7, 11) is 2.23. The highest BCUT2D eigenvalue weighted by atomic mass is 35.5. The van der Waals surface area contributed by atoms with E-state index in [4.69, 9.17) is 0 Å². The Morgan fingerprint density at radius 1 is 1.25 bits per heavy atom. The summed E-state index contributed by atoms with van der Waals surface area (Å²) >= 11 is 0. The molecule has 4 heterocycles. The van der Waals surface area contributed by atoms with Crippen molar-refractivity contribution in [3.63, 3.8) is 0 Å². The summed E-state index contributed by atoms with van der Waals surface area (Å²) in [5, 5.41) is 11.2. The number of piperidine rings is 2. The van der Waals surface area contributed by atoms with Gasteiger partial charge in [-0.25, -0.2) is 0 Å². The Kier molecular flexibility index (Phi) is 3.85. The van der Waals surface area contributed by atoms with E-state index < -0.39 is 0 Å². The monoisotopic (exact) mass is 346 g/mol. The van der Waals surface area contributed by atoms with Crippen molar-refractivity contribution < 1.29 is 5.11 Å². The number of phenols is 1. The summed E-state index contributed by atoms with van der Waals surface area (Å²) in [4.78, 5) is 2.80. The van der Waals surface area contributed by atoms with E-state index in [0.717, 1.165) is 24.3 Å². The molecule has 1 N–H and O–H groups in total. The van der Waals surface area contributed by atoms with Crippen molar-refractivity contribution in [1.29, 1.82) is 0 Å². The lowest BCUT2D eigenvalue weighted by atomic mass is 9.65. The third-order valence-corrected chi connectivity index (χ3v) is 6.89. The molecular formula is C20H27ClN2O. The number of hydrogen-bond donors (Lipinski definition) is 1. The highest BCUT2D eigenvalue weighted by Crippen LogP contribution is 2.51. The molecule has 4 bridgehead atoms. The Hall–Kier alpha value is -1.19. The molecule has 3 fully saturated rings. The van der Waals surface area contributed by atoms with E-state index in [1.807, 2.05) is 12.1 Å². The van der Waals surface area contributed by atoms with E-state index in [0.29, 0.717) is 11.7 Å². The third-order valence-electron chi connectivity index (χ3n) is 6.89. The molecule has 3 aliphatic heterocycles. The maximum absolute atomic E-state index is 9.96. The van der Waals surface area contributed by atoms with Gasteiger partial charge in [-0.2, -0.15) is 0 Å². The second-order valence-corrected chi connectivity index (χ2v) is 7.97. The highest BCUT2D eigenvalue weighted by Gasteiger charge is 2.49. The van der Waals surface area contributed by atoms with Gasteiger partial charge >= 0.3 is 0 Å². The zero-order valence-electron chi connectivity index (χ0n) is 14.5. The van der Waals surface area contributed by atoms with Crippen LogP contribution >= 0.6 is 12.4 Å². The fraction of sp³-hybridized carbons (Fsp3) is 0.600. The second kappa shape index (κ2) is 5.67. The van der Waals surface area contributed by atoms with Gasteiger partial charge in [-0.05, 0) is 54.9 Å². The first-order valence-corrected chi connectivity index (χ1v) is 9.21. The highest BCUT2D eigenvalue weighted by molar-refractivity contribution is 5.87. The first-order chi connectivity index (χ1) is 11.2. The lowest BCUT2D eigenvalue weighted by Crippen LogP contribution is -2.56. The topological polar surface area (TPSA) is 28.4 Å². The number of aromatic hydroxyl groups is 1. The Morgan fingerprint density at radius 2 is 2.08 bits per heavy atom. The number of phenolic OH excluding ortho intramolecular Hbond substituents is 1. The minimum atomic E-state index is 0. The number of fused-ring (bicyclic) bond motifs is 4. The van der Waals surface area contributed by atoms with Gasteiger partial charge in [-0.3, -0.25) is 4.90 Å². The van der Waals surface area contributed by atoms with Crippen LogP contribution in [0, 0.1) is 11.8 Å². The van der Waals surface area contributed by atoms with Crippen LogP contribution in [0.3, 0.4) is 0 Å². The predicted octanol–water partition coefficient (Wildman–Crippen LogP) is 4.07. The van der Waals surface area contributed by atoms with Crippen molar-refractivity contribution in [2.75, 3.05) is 13.1 Å². The first-order valence-electron chi connectivity index (χ1n) is 9.21. The van der Waals surface area contributed by atoms with Crippen molar-refractivity contribution in [3.05, 3.63) is 29.5 Å². The molecular weight excluding hydrogens is 320 g/mol. The van der Waals surface area contributed by atoms with Crippen LogP contribution in [0.4, 0.5) is 0 Å². The lowest BCUT2D eigenvalue weighted by molar-refractivity contribution is -0.0140. The van der Waals surface area contributed by atoms with Crippen LogP contribution in [0.5, 0.6) is 5.75 Å². The average Bonchev–Trinajstić information content (AvgIpc) is 2.76. The summed E-state index contributed by atoms with van der Waals surface area (Å²) in [6, 6.07) is 6.64. The maximum atomic E-state index is 9.96. The Labute approximate surface area is 150 Å². The van der Waals surface area contributed by atoms with Gasteiger partial charge in [0.15, 0.2) is 0 Å². The number of aromatic nitrogens is 1. The molecule has 0 amide bonds. The minimum Gasteiger partial charge on any atom is -0.508 e. The fourth-order valence-corrected chi connectivity index (χ4v) is 6.09. The Morgan fingerprint density at radius 3 is 2.88 bits per heavy atom. The van der Waals surface area contributed by atoms with Crippen LogP contribution in [0.25, 0.3) is 10.9 Å². The average molecular weight is 347 g/mol. The number of halogens is 1. The molecule has 1 aromatic carbocycles. The number of nitrogens with zero attached hydrogens (tertiary/aromatic N) is 2.